The Bertz CT molecular complexity index is 1010. The number of para-hydroxylation sites is 1. The maximum absolute atomic E-state index is 13.5. The average molecular weight is 389 g/mol. The van der Waals surface area contributed by atoms with Crippen LogP contribution in [0.4, 0.5) is 5.69 Å². The molecule has 2 aliphatic rings. The second kappa shape index (κ2) is 7.86. The summed E-state index contributed by atoms with van der Waals surface area (Å²) in [6.45, 7) is 7.40. The minimum absolute atomic E-state index is 0.155. The van der Waals surface area contributed by atoms with E-state index in [9.17, 15) is 9.59 Å². The molecule has 2 aromatic carbocycles. The largest absolute Gasteiger partial charge is 0.336 e. The second-order valence-electron chi connectivity index (χ2n) is 8.04. The van der Waals surface area contributed by atoms with Crippen molar-refractivity contribution in [1.29, 1.82) is 0 Å². The summed E-state index contributed by atoms with van der Waals surface area (Å²) in [5.41, 5.74) is 6.42. The summed E-state index contributed by atoms with van der Waals surface area (Å²) >= 11 is 0. The van der Waals surface area contributed by atoms with Crippen molar-refractivity contribution in [2.45, 2.75) is 46.5 Å². The highest BCUT2D eigenvalue weighted by molar-refractivity contribution is 6.37. The molecular weight excluding hydrogens is 360 g/mol. The van der Waals surface area contributed by atoms with E-state index in [0.717, 1.165) is 54.6 Å². The average Bonchev–Trinajstić information content (AvgIpc) is 3.22. The molecule has 0 spiro atoms. The molecule has 0 saturated carbocycles. The summed E-state index contributed by atoms with van der Waals surface area (Å²) in [6.07, 6.45) is 3.80. The van der Waals surface area contributed by atoms with Gasteiger partial charge >= 0.3 is 0 Å². The number of anilines is 1. The van der Waals surface area contributed by atoms with Crippen LogP contribution in [-0.4, -0.2) is 29.8 Å². The van der Waals surface area contributed by atoms with Gasteiger partial charge in [0.25, 0.3) is 11.8 Å². The molecule has 0 N–H and O–H groups in total. The van der Waals surface area contributed by atoms with Crippen LogP contribution in [-0.2, 0) is 16.0 Å². The SMILES string of the molecule is CCCCCN1C(=O)C(c2ccc(C)cc2C)=C(N2CCc3ccccc32)C1=O. The van der Waals surface area contributed by atoms with Gasteiger partial charge in [-0.1, -0.05) is 61.7 Å². The van der Waals surface area contributed by atoms with Crippen LogP contribution < -0.4 is 4.90 Å². The van der Waals surface area contributed by atoms with E-state index in [1.165, 1.54) is 10.5 Å². The zero-order chi connectivity index (χ0) is 20.5. The van der Waals surface area contributed by atoms with E-state index < -0.39 is 0 Å². The van der Waals surface area contributed by atoms with Crippen LogP contribution in [0.2, 0.25) is 0 Å². The molecule has 2 aromatic rings. The van der Waals surface area contributed by atoms with E-state index >= 15 is 0 Å². The number of amides is 2. The van der Waals surface area contributed by atoms with Crippen molar-refractivity contribution in [3.8, 4) is 0 Å². The van der Waals surface area contributed by atoms with E-state index in [2.05, 4.69) is 24.0 Å². The van der Waals surface area contributed by atoms with Crippen LogP contribution in [0.15, 0.2) is 48.2 Å². The van der Waals surface area contributed by atoms with Gasteiger partial charge in [0, 0.05) is 18.8 Å². The van der Waals surface area contributed by atoms with Crippen molar-refractivity contribution in [3.63, 3.8) is 0 Å². The quantitative estimate of drug-likeness (QED) is 0.535. The lowest BCUT2D eigenvalue weighted by molar-refractivity contribution is -0.136. The topological polar surface area (TPSA) is 40.6 Å². The Kier molecular flexibility index (Phi) is 5.27. The fraction of sp³-hybridized carbons (Fsp3) is 0.360. The number of hydrogen-bond donors (Lipinski definition) is 0. The molecule has 0 fully saturated rings. The van der Waals surface area contributed by atoms with Crippen LogP contribution >= 0.6 is 0 Å². The van der Waals surface area contributed by atoms with Gasteiger partial charge in [-0.15, -0.1) is 0 Å². The number of rotatable bonds is 6. The molecule has 0 saturated heterocycles. The maximum atomic E-state index is 13.5. The molecule has 2 aliphatic heterocycles. The van der Waals surface area contributed by atoms with Crippen molar-refractivity contribution >= 4 is 23.1 Å². The van der Waals surface area contributed by atoms with Crippen molar-refractivity contribution < 1.29 is 9.59 Å². The van der Waals surface area contributed by atoms with Gasteiger partial charge in [-0.25, -0.2) is 0 Å². The first-order chi connectivity index (χ1) is 14.0. The normalized spacial score (nSPS) is 16.2. The first-order valence-corrected chi connectivity index (χ1v) is 10.6. The molecule has 2 heterocycles. The minimum Gasteiger partial charge on any atom is -0.336 e. The van der Waals surface area contributed by atoms with Crippen molar-refractivity contribution in [2.24, 2.45) is 0 Å². The Morgan fingerprint density at radius 3 is 2.52 bits per heavy atom. The molecule has 2 amide bonds. The zero-order valence-electron chi connectivity index (χ0n) is 17.5. The van der Waals surface area contributed by atoms with E-state index in [1.807, 2.05) is 44.2 Å². The second-order valence-corrected chi connectivity index (χ2v) is 8.04. The lowest BCUT2D eigenvalue weighted by Gasteiger charge is -2.22. The summed E-state index contributed by atoms with van der Waals surface area (Å²) in [5, 5.41) is 0. The summed E-state index contributed by atoms with van der Waals surface area (Å²) in [7, 11) is 0. The van der Waals surface area contributed by atoms with Gasteiger partial charge in [0.2, 0.25) is 0 Å². The fourth-order valence-corrected chi connectivity index (χ4v) is 4.44. The molecule has 0 bridgehead atoms. The highest BCUT2D eigenvalue weighted by atomic mass is 16.2. The molecule has 0 atom stereocenters. The predicted molar refractivity (Wildman–Crippen MR) is 117 cm³/mol. The molecule has 0 aliphatic carbocycles. The Morgan fingerprint density at radius 2 is 1.76 bits per heavy atom. The number of hydrogen-bond acceptors (Lipinski definition) is 3. The van der Waals surface area contributed by atoms with Crippen LogP contribution in [0.5, 0.6) is 0 Å². The number of unbranched alkanes of at least 4 members (excludes halogenated alkanes) is 2. The Labute approximate surface area is 172 Å². The molecule has 29 heavy (non-hydrogen) atoms. The third kappa shape index (κ3) is 3.37. The number of fused-ring (bicyclic) bond motifs is 1. The first kappa shape index (κ1) is 19.4. The Hall–Kier alpha value is -2.88. The number of imide groups is 1. The fourth-order valence-electron chi connectivity index (χ4n) is 4.44. The van der Waals surface area contributed by atoms with E-state index in [0.29, 0.717) is 17.8 Å². The smallest absolute Gasteiger partial charge is 0.278 e. The zero-order valence-corrected chi connectivity index (χ0v) is 17.5. The summed E-state index contributed by atoms with van der Waals surface area (Å²) in [5.74, 6) is -0.310. The first-order valence-electron chi connectivity index (χ1n) is 10.6. The molecule has 4 nitrogen and oxygen atoms in total. The van der Waals surface area contributed by atoms with E-state index in [4.69, 9.17) is 0 Å². The molecule has 4 rings (SSSR count). The molecular formula is C25H28N2O2. The van der Waals surface area contributed by atoms with Gasteiger partial charge in [-0.05, 0) is 49.4 Å². The standard InChI is InChI=1S/C25H28N2O2/c1-4-5-8-14-27-24(28)22(20-12-11-17(2)16-18(20)3)23(25(27)29)26-15-13-19-9-6-7-10-21(19)26/h6-7,9-12,16H,4-5,8,13-15H2,1-3H3. The Balaban J connectivity index is 1.83. The van der Waals surface area contributed by atoms with Crippen LogP contribution in [0, 0.1) is 13.8 Å². The van der Waals surface area contributed by atoms with Crippen LogP contribution in [0.25, 0.3) is 5.57 Å². The lowest BCUT2D eigenvalue weighted by atomic mass is 9.97. The lowest BCUT2D eigenvalue weighted by Crippen LogP contribution is -2.35. The van der Waals surface area contributed by atoms with E-state index in [-0.39, 0.29) is 11.8 Å². The van der Waals surface area contributed by atoms with Gasteiger partial charge in [0.05, 0.1) is 5.57 Å². The van der Waals surface area contributed by atoms with E-state index in [1.54, 1.807) is 0 Å². The summed E-state index contributed by atoms with van der Waals surface area (Å²) < 4.78 is 0. The maximum Gasteiger partial charge on any atom is 0.278 e. The van der Waals surface area contributed by atoms with Crippen molar-refractivity contribution in [1.82, 2.24) is 4.90 Å². The van der Waals surface area contributed by atoms with Crippen molar-refractivity contribution in [2.75, 3.05) is 18.0 Å². The predicted octanol–water partition coefficient (Wildman–Crippen LogP) is 4.64. The van der Waals surface area contributed by atoms with Crippen LogP contribution in [0.3, 0.4) is 0 Å². The third-order valence-corrected chi connectivity index (χ3v) is 5.94. The molecule has 0 unspecified atom stereocenters. The number of carbonyl (C=O) groups is 2. The highest BCUT2D eigenvalue weighted by Gasteiger charge is 2.43. The van der Waals surface area contributed by atoms with Gasteiger partial charge < -0.3 is 4.90 Å². The number of nitrogens with zero attached hydrogens (tertiary/aromatic N) is 2. The third-order valence-electron chi connectivity index (χ3n) is 5.94. The number of aryl methyl sites for hydroxylation is 2. The molecule has 4 heteroatoms. The number of carbonyl (C=O) groups excluding carboxylic acids is 2. The molecule has 150 valence electrons. The minimum atomic E-state index is -0.155. The van der Waals surface area contributed by atoms with Crippen LogP contribution in [0.1, 0.15) is 48.4 Å². The van der Waals surface area contributed by atoms with Gasteiger partial charge in [0.1, 0.15) is 5.70 Å². The summed E-state index contributed by atoms with van der Waals surface area (Å²) in [4.78, 5) is 30.4. The van der Waals surface area contributed by atoms with Gasteiger partial charge in [-0.2, -0.15) is 0 Å². The molecule has 0 radical (unpaired) electrons. The van der Waals surface area contributed by atoms with Crippen molar-refractivity contribution in [3.05, 3.63) is 70.4 Å². The molecule has 0 aromatic heterocycles. The Morgan fingerprint density at radius 1 is 0.966 bits per heavy atom. The number of benzene rings is 2. The van der Waals surface area contributed by atoms with Gasteiger partial charge in [0.15, 0.2) is 0 Å². The monoisotopic (exact) mass is 388 g/mol. The highest BCUT2D eigenvalue weighted by Crippen LogP contribution is 2.39. The van der Waals surface area contributed by atoms with Gasteiger partial charge in [-0.3, -0.25) is 14.5 Å². The summed E-state index contributed by atoms with van der Waals surface area (Å²) in [6, 6.07) is 14.3.